The van der Waals surface area contributed by atoms with Crippen LogP contribution in [0.25, 0.3) is 11.4 Å². The van der Waals surface area contributed by atoms with Crippen LogP contribution in [0.2, 0.25) is 5.02 Å². The molecule has 0 fully saturated rings. The van der Waals surface area contributed by atoms with E-state index in [1.165, 1.54) is 6.07 Å². The number of H-pyrrole nitrogens is 1. The SMILES string of the molecule is O=Nc1cccc(-c2n[nH]c(NCc3c(F)cccc3Cl)n2)c1. The third kappa shape index (κ3) is 3.35. The van der Waals surface area contributed by atoms with Gasteiger partial charge in [0.05, 0.1) is 0 Å². The van der Waals surface area contributed by atoms with E-state index in [1.807, 2.05) is 0 Å². The summed E-state index contributed by atoms with van der Waals surface area (Å²) in [6.07, 6.45) is 0. The molecule has 0 saturated heterocycles. The van der Waals surface area contributed by atoms with Crippen molar-refractivity contribution in [2.75, 3.05) is 5.32 Å². The van der Waals surface area contributed by atoms with Crippen molar-refractivity contribution in [3.63, 3.8) is 0 Å². The zero-order valence-corrected chi connectivity index (χ0v) is 12.5. The molecule has 0 aliphatic rings. The molecule has 0 amide bonds. The van der Waals surface area contributed by atoms with Crippen LogP contribution in [0, 0.1) is 10.7 Å². The molecule has 0 spiro atoms. The van der Waals surface area contributed by atoms with Gasteiger partial charge in [-0.25, -0.2) is 9.49 Å². The average Bonchev–Trinajstić information content (AvgIpc) is 3.03. The molecule has 0 saturated carbocycles. The van der Waals surface area contributed by atoms with Crippen LogP contribution in [0.5, 0.6) is 0 Å². The van der Waals surface area contributed by atoms with Crippen LogP contribution in [0.4, 0.5) is 16.0 Å². The van der Waals surface area contributed by atoms with Crippen LogP contribution in [-0.2, 0) is 6.54 Å². The predicted octanol–water partition coefficient (Wildman–Crippen LogP) is 4.27. The number of aromatic amines is 1. The Morgan fingerprint density at radius 3 is 2.87 bits per heavy atom. The normalized spacial score (nSPS) is 10.5. The van der Waals surface area contributed by atoms with Crippen molar-refractivity contribution in [1.29, 1.82) is 0 Å². The third-order valence-electron chi connectivity index (χ3n) is 3.19. The molecule has 0 radical (unpaired) electrons. The van der Waals surface area contributed by atoms with Crippen molar-refractivity contribution in [3.8, 4) is 11.4 Å². The molecule has 8 heteroatoms. The summed E-state index contributed by atoms with van der Waals surface area (Å²) in [5.74, 6) is 0.371. The summed E-state index contributed by atoms with van der Waals surface area (Å²) in [4.78, 5) is 14.8. The van der Waals surface area contributed by atoms with Crippen molar-refractivity contribution in [3.05, 3.63) is 63.8 Å². The van der Waals surface area contributed by atoms with Gasteiger partial charge in [-0.15, -0.1) is 4.91 Å². The number of nitrogens with zero attached hydrogens (tertiary/aromatic N) is 3. The quantitative estimate of drug-likeness (QED) is 0.684. The lowest BCUT2D eigenvalue weighted by Gasteiger charge is -2.06. The predicted molar refractivity (Wildman–Crippen MR) is 86.0 cm³/mol. The lowest BCUT2D eigenvalue weighted by atomic mass is 10.2. The molecule has 0 unspecified atom stereocenters. The van der Waals surface area contributed by atoms with E-state index in [0.717, 1.165) is 0 Å². The molecule has 116 valence electrons. The molecule has 0 aliphatic heterocycles. The van der Waals surface area contributed by atoms with Gasteiger partial charge in [0.25, 0.3) is 0 Å². The average molecular weight is 332 g/mol. The van der Waals surface area contributed by atoms with Gasteiger partial charge < -0.3 is 5.32 Å². The topological polar surface area (TPSA) is 83.0 Å². The van der Waals surface area contributed by atoms with Gasteiger partial charge in [-0.2, -0.15) is 10.1 Å². The number of rotatable bonds is 5. The van der Waals surface area contributed by atoms with Crippen molar-refractivity contribution < 1.29 is 4.39 Å². The first-order valence-electron chi connectivity index (χ1n) is 6.70. The third-order valence-corrected chi connectivity index (χ3v) is 3.54. The molecule has 0 aliphatic carbocycles. The first-order chi connectivity index (χ1) is 11.2. The Kier molecular flexibility index (Phi) is 4.29. The fraction of sp³-hybridized carbons (Fsp3) is 0.0667. The molecule has 0 bridgehead atoms. The van der Waals surface area contributed by atoms with Crippen molar-refractivity contribution in [2.45, 2.75) is 6.54 Å². The van der Waals surface area contributed by atoms with Gasteiger partial charge in [-0.3, -0.25) is 0 Å². The molecule has 1 aromatic heterocycles. The molecule has 3 aromatic rings. The molecule has 2 N–H and O–H groups in total. The number of nitrogens with one attached hydrogen (secondary N) is 2. The molecule has 3 rings (SSSR count). The number of hydrogen-bond donors (Lipinski definition) is 2. The van der Waals surface area contributed by atoms with Gasteiger partial charge in [0, 0.05) is 22.7 Å². The minimum absolute atomic E-state index is 0.163. The minimum atomic E-state index is -0.394. The number of halogens is 2. The maximum absolute atomic E-state index is 13.7. The zero-order chi connectivity index (χ0) is 16.2. The van der Waals surface area contributed by atoms with E-state index in [9.17, 15) is 9.30 Å². The Labute approximate surface area is 135 Å². The van der Waals surface area contributed by atoms with Crippen LogP contribution < -0.4 is 5.32 Å². The number of hydrogen-bond acceptors (Lipinski definition) is 5. The van der Waals surface area contributed by atoms with Crippen LogP contribution >= 0.6 is 11.6 Å². The molecular formula is C15H11ClFN5O. The van der Waals surface area contributed by atoms with E-state index in [2.05, 4.69) is 25.7 Å². The molecular weight excluding hydrogens is 321 g/mol. The Hall–Kier alpha value is -2.80. The summed E-state index contributed by atoms with van der Waals surface area (Å²) >= 11 is 5.96. The van der Waals surface area contributed by atoms with Crippen LogP contribution in [0.3, 0.4) is 0 Å². The smallest absolute Gasteiger partial charge is 0.219 e. The Bertz CT molecular complexity index is 831. The van der Waals surface area contributed by atoms with Crippen LogP contribution in [0.1, 0.15) is 5.56 Å². The van der Waals surface area contributed by atoms with E-state index in [-0.39, 0.29) is 6.54 Å². The summed E-state index contributed by atoms with van der Waals surface area (Å²) in [5, 5.41) is 12.9. The number of nitroso groups, excluding NO2 is 1. The Morgan fingerprint density at radius 1 is 1.26 bits per heavy atom. The fourth-order valence-electron chi connectivity index (χ4n) is 2.05. The van der Waals surface area contributed by atoms with Gasteiger partial charge in [0.15, 0.2) is 5.82 Å². The summed E-state index contributed by atoms with van der Waals surface area (Å²) in [5.41, 5.74) is 1.29. The minimum Gasteiger partial charge on any atom is -0.350 e. The largest absolute Gasteiger partial charge is 0.350 e. The summed E-state index contributed by atoms with van der Waals surface area (Å²) in [7, 11) is 0. The van der Waals surface area contributed by atoms with Crippen LogP contribution in [0.15, 0.2) is 47.6 Å². The van der Waals surface area contributed by atoms with Crippen LogP contribution in [-0.4, -0.2) is 15.2 Å². The van der Waals surface area contributed by atoms with E-state index in [1.54, 1.807) is 36.4 Å². The van der Waals surface area contributed by atoms with Gasteiger partial charge in [-0.05, 0) is 29.4 Å². The van der Waals surface area contributed by atoms with E-state index in [4.69, 9.17) is 11.6 Å². The second-order valence-electron chi connectivity index (χ2n) is 4.70. The zero-order valence-electron chi connectivity index (χ0n) is 11.8. The Morgan fingerprint density at radius 2 is 2.09 bits per heavy atom. The van der Waals surface area contributed by atoms with Gasteiger partial charge in [0.1, 0.15) is 11.5 Å². The van der Waals surface area contributed by atoms with Crippen molar-refractivity contribution in [1.82, 2.24) is 15.2 Å². The summed E-state index contributed by atoms with van der Waals surface area (Å²) in [6, 6.07) is 11.1. The number of aromatic nitrogens is 3. The molecule has 1 heterocycles. The van der Waals surface area contributed by atoms with Crippen molar-refractivity contribution >= 4 is 23.2 Å². The monoisotopic (exact) mass is 331 g/mol. The van der Waals surface area contributed by atoms with E-state index in [0.29, 0.717) is 33.6 Å². The standard InChI is InChI=1S/C15H11ClFN5O/c16-12-5-2-6-13(17)11(12)8-18-15-19-14(20-21-15)9-3-1-4-10(7-9)22-23/h1-7H,8H2,(H2,18,19,20,21). The van der Waals surface area contributed by atoms with Gasteiger partial charge >= 0.3 is 0 Å². The fourth-order valence-corrected chi connectivity index (χ4v) is 2.27. The van der Waals surface area contributed by atoms with Gasteiger partial charge in [-0.1, -0.05) is 29.8 Å². The number of anilines is 1. The Balaban J connectivity index is 1.76. The molecule has 6 nitrogen and oxygen atoms in total. The first kappa shape index (κ1) is 15.1. The highest BCUT2D eigenvalue weighted by Crippen LogP contribution is 2.23. The molecule has 2 aromatic carbocycles. The first-order valence-corrected chi connectivity index (χ1v) is 7.08. The highest BCUT2D eigenvalue weighted by molar-refractivity contribution is 6.31. The molecule has 0 atom stereocenters. The maximum Gasteiger partial charge on any atom is 0.219 e. The second kappa shape index (κ2) is 6.53. The summed E-state index contributed by atoms with van der Waals surface area (Å²) < 4.78 is 13.7. The lowest BCUT2D eigenvalue weighted by Crippen LogP contribution is -2.03. The lowest BCUT2D eigenvalue weighted by molar-refractivity contribution is 0.613. The van der Waals surface area contributed by atoms with Gasteiger partial charge in [0.2, 0.25) is 5.95 Å². The highest BCUT2D eigenvalue weighted by atomic mass is 35.5. The second-order valence-corrected chi connectivity index (χ2v) is 5.11. The maximum atomic E-state index is 13.7. The van der Waals surface area contributed by atoms with Crippen molar-refractivity contribution in [2.24, 2.45) is 5.18 Å². The van der Waals surface area contributed by atoms with E-state index < -0.39 is 5.82 Å². The molecule has 23 heavy (non-hydrogen) atoms. The highest BCUT2D eigenvalue weighted by Gasteiger charge is 2.10. The summed E-state index contributed by atoms with van der Waals surface area (Å²) in [6.45, 7) is 0.163. The number of benzene rings is 2. The van der Waals surface area contributed by atoms with E-state index >= 15 is 0 Å².